The lowest BCUT2D eigenvalue weighted by Gasteiger charge is -2.09. The van der Waals surface area contributed by atoms with Crippen LogP contribution in [0.3, 0.4) is 0 Å². The maximum atomic E-state index is 12.0. The van der Waals surface area contributed by atoms with Crippen LogP contribution in [0.5, 0.6) is 0 Å². The quantitative estimate of drug-likeness (QED) is 0.886. The maximum absolute atomic E-state index is 12.0. The Morgan fingerprint density at radius 1 is 1.11 bits per heavy atom. The topological polar surface area (TPSA) is 59.1 Å². The van der Waals surface area contributed by atoms with Crippen LogP contribution >= 0.6 is 23.2 Å². The summed E-state index contributed by atoms with van der Waals surface area (Å²) >= 11 is 11.5. The van der Waals surface area contributed by atoms with Crippen molar-refractivity contribution in [3.63, 3.8) is 0 Å². The second-order valence-electron chi connectivity index (χ2n) is 3.41. The Labute approximate surface area is 115 Å². The van der Waals surface area contributed by atoms with Crippen LogP contribution in [0.4, 0.5) is 5.69 Å². The van der Waals surface area contributed by atoms with Crippen molar-refractivity contribution in [2.24, 2.45) is 0 Å². The van der Waals surface area contributed by atoms with E-state index in [1.807, 2.05) is 0 Å². The molecule has 1 N–H and O–H groups in total. The van der Waals surface area contributed by atoms with Gasteiger partial charge in [-0.3, -0.25) is 4.72 Å². The molecule has 0 fully saturated rings. The fourth-order valence-corrected chi connectivity index (χ4v) is 2.74. The van der Waals surface area contributed by atoms with E-state index < -0.39 is 10.0 Å². The standard InChI is InChI=1S/C11H8Cl2N2O2S/c12-8-6-10(11(13)14-7-8)15-18(16,17)9-4-2-1-3-5-9/h1-7,15H. The molecule has 18 heavy (non-hydrogen) atoms. The van der Waals surface area contributed by atoms with E-state index in [4.69, 9.17) is 23.2 Å². The fraction of sp³-hybridized carbons (Fsp3) is 0. The number of hydrogen-bond acceptors (Lipinski definition) is 3. The molecule has 0 bridgehead atoms. The number of benzene rings is 1. The molecule has 1 heterocycles. The first-order chi connectivity index (χ1) is 8.49. The molecular weight excluding hydrogens is 295 g/mol. The summed E-state index contributed by atoms with van der Waals surface area (Å²) in [5.74, 6) is 0. The SMILES string of the molecule is O=S(=O)(Nc1cc(Cl)cnc1Cl)c1ccccc1. The van der Waals surface area contributed by atoms with E-state index in [0.29, 0.717) is 5.02 Å². The van der Waals surface area contributed by atoms with Gasteiger partial charge in [0.25, 0.3) is 10.0 Å². The minimum atomic E-state index is -3.69. The van der Waals surface area contributed by atoms with Gasteiger partial charge in [-0.2, -0.15) is 0 Å². The Morgan fingerprint density at radius 3 is 2.44 bits per heavy atom. The van der Waals surface area contributed by atoms with Crippen molar-refractivity contribution < 1.29 is 8.42 Å². The molecule has 0 saturated heterocycles. The van der Waals surface area contributed by atoms with Gasteiger partial charge in [-0.1, -0.05) is 41.4 Å². The molecule has 0 unspecified atom stereocenters. The molecule has 94 valence electrons. The number of halogens is 2. The van der Waals surface area contributed by atoms with Crippen LogP contribution in [0.25, 0.3) is 0 Å². The van der Waals surface area contributed by atoms with Crippen molar-refractivity contribution in [1.82, 2.24) is 4.98 Å². The number of aromatic nitrogens is 1. The zero-order chi connectivity index (χ0) is 13.2. The average Bonchev–Trinajstić information content (AvgIpc) is 2.35. The number of nitrogens with zero attached hydrogens (tertiary/aromatic N) is 1. The maximum Gasteiger partial charge on any atom is 0.261 e. The summed E-state index contributed by atoms with van der Waals surface area (Å²) in [6, 6.07) is 9.35. The summed E-state index contributed by atoms with van der Waals surface area (Å²) in [4.78, 5) is 3.90. The van der Waals surface area contributed by atoms with Crippen LogP contribution in [0.15, 0.2) is 47.5 Å². The molecule has 0 saturated carbocycles. The first-order valence-electron chi connectivity index (χ1n) is 4.88. The molecule has 0 atom stereocenters. The summed E-state index contributed by atoms with van der Waals surface area (Å²) < 4.78 is 26.4. The average molecular weight is 303 g/mol. The molecule has 4 nitrogen and oxygen atoms in total. The molecule has 7 heteroatoms. The predicted octanol–water partition coefficient (Wildman–Crippen LogP) is 3.19. The zero-order valence-corrected chi connectivity index (χ0v) is 11.3. The van der Waals surface area contributed by atoms with Gasteiger partial charge in [0.1, 0.15) is 0 Å². The lowest BCUT2D eigenvalue weighted by molar-refractivity contribution is 0.601. The molecule has 0 aliphatic heterocycles. The van der Waals surface area contributed by atoms with Gasteiger partial charge in [0, 0.05) is 6.20 Å². The van der Waals surface area contributed by atoms with Crippen LogP contribution < -0.4 is 4.72 Å². The van der Waals surface area contributed by atoms with Gasteiger partial charge in [-0.05, 0) is 18.2 Å². The normalized spacial score (nSPS) is 11.2. The zero-order valence-electron chi connectivity index (χ0n) is 8.97. The van der Waals surface area contributed by atoms with E-state index in [0.717, 1.165) is 0 Å². The van der Waals surface area contributed by atoms with Crippen molar-refractivity contribution in [2.75, 3.05) is 4.72 Å². The highest BCUT2D eigenvalue weighted by Gasteiger charge is 2.15. The lowest BCUT2D eigenvalue weighted by atomic mass is 10.4. The van der Waals surface area contributed by atoms with E-state index in [2.05, 4.69) is 9.71 Å². The number of rotatable bonds is 3. The molecule has 2 rings (SSSR count). The molecule has 0 aliphatic rings. The Kier molecular flexibility index (Phi) is 3.75. The lowest BCUT2D eigenvalue weighted by Crippen LogP contribution is -2.13. The monoisotopic (exact) mass is 302 g/mol. The van der Waals surface area contributed by atoms with E-state index in [-0.39, 0.29) is 15.7 Å². The van der Waals surface area contributed by atoms with Gasteiger partial charge in [0.15, 0.2) is 5.15 Å². The summed E-state index contributed by atoms with van der Waals surface area (Å²) in [5, 5.41) is 0.337. The molecular formula is C11H8Cl2N2O2S. The van der Waals surface area contributed by atoms with Gasteiger partial charge in [-0.25, -0.2) is 13.4 Å². The molecule has 2 aromatic rings. The summed E-state index contributed by atoms with van der Waals surface area (Å²) in [5.41, 5.74) is 0.146. The number of hydrogen-bond donors (Lipinski definition) is 1. The van der Waals surface area contributed by atoms with E-state index >= 15 is 0 Å². The second kappa shape index (κ2) is 5.14. The van der Waals surface area contributed by atoms with E-state index in [1.165, 1.54) is 24.4 Å². The number of pyridine rings is 1. The molecule has 0 spiro atoms. The summed E-state index contributed by atoms with van der Waals surface area (Å²) in [6.45, 7) is 0. The first kappa shape index (κ1) is 13.1. The summed E-state index contributed by atoms with van der Waals surface area (Å²) in [6.07, 6.45) is 1.34. The minimum Gasteiger partial charge on any atom is -0.276 e. The Bertz CT molecular complexity index is 660. The fourth-order valence-electron chi connectivity index (χ4n) is 1.30. The number of anilines is 1. The number of nitrogens with one attached hydrogen (secondary N) is 1. The molecule has 1 aromatic heterocycles. The number of sulfonamides is 1. The van der Waals surface area contributed by atoms with Gasteiger partial charge in [-0.15, -0.1) is 0 Å². The van der Waals surface area contributed by atoms with Crippen molar-refractivity contribution in [3.8, 4) is 0 Å². The van der Waals surface area contributed by atoms with Crippen molar-refractivity contribution in [1.29, 1.82) is 0 Å². The van der Waals surface area contributed by atoms with Gasteiger partial charge >= 0.3 is 0 Å². The van der Waals surface area contributed by atoms with E-state index in [1.54, 1.807) is 18.2 Å². The van der Waals surface area contributed by atoms with Crippen LogP contribution in [-0.2, 0) is 10.0 Å². The van der Waals surface area contributed by atoms with Gasteiger partial charge < -0.3 is 0 Å². The highest BCUT2D eigenvalue weighted by molar-refractivity contribution is 7.92. The van der Waals surface area contributed by atoms with Crippen LogP contribution in [0.2, 0.25) is 10.2 Å². The Balaban J connectivity index is 2.37. The molecule has 0 radical (unpaired) electrons. The minimum absolute atomic E-state index is 0.0407. The van der Waals surface area contributed by atoms with Gasteiger partial charge in [0.2, 0.25) is 0 Å². The first-order valence-corrected chi connectivity index (χ1v) is 7.12. The smallest absolute Gasteiger partial charge is 0.261 e. The summed E-state index contributed by atoms with van der Waals surface area (Å²) in [7, 11) is -3.69. The third-order valence-corrected chi connectivity index (χ3v) is 3.99. The molecule has 1 aromatic carbocycles. The Morgan fingerprint density at radius 2 is 1.78 bits per heavy atom. The van der Waals surface area contributed by atoms with Crippen molar-refractivity contribution in [2.45, 2.75) is 4.90 Å². The van der Waals surface area contributed by atoms with Crippen molar-refractivity contribution >= 4 is 38.9 Å². The van der Waals surface area contributed by atoms with Crippen LogP contribution in [-0.4, -0.2) is 13.4 Å². The molecule has 0 aliphatic carbocycles. The molecule has 0 amide bonds. The third-order valence-electron chi connectivity index (χ3n) is 2.10. The Hall–Kier alpha value is -1.30. The second-order valence-corrected chi connectivity index (χ2v) is 5.89. The van der Waals surface area contributed by atoms with Crippen LogP contribution in [0.1, 0.15) is 0 Å². The van der Waals surface area contributed by atoms with Gasteiger partial charge in [0.05, 0.1) is 15.6 Å². The largest absolute Gasteiger partial charge is 0.276 e. The van der Waals surface area contributed by atoms with E-state index in [9.17, 15) is 8.42 Å². The third kappa shape index (κ3) is 2.93. The predicted molar refractivity (Wildman–Crippen MR) is 71.5 cm³/mol. The van der Waals surface area contributed by atoms with Crippen LogP contribution in [0, 0.1) is 0 Å². The highest BCUT2D eigenvalue weighted by Crippen LogP contribution is 2.25. The van der Waals surface area contributed by atoms with Crippen molar-refractivity contribution in [3.05, 3.63) is 52.8 Å². The highest BCUT2D eigenvalue weighted by atomic mass is 35.5.